The van der Waals surface area contributed by atoms with E-state index < -0.39 is 17.4 Å². The molecule has 2 aliphatic carbocycles. The Morgan fingerprint density at radius 1 is 0.682 bits per heavy atom. The zero-order chi connectivity index (χ0) is 13.5. The monoisotopic (exact) mass is 364 g/mol. The molecule has 0 radical (unpaired) electrons. The fraction of sp³-hybridized carbons (Fsp3) is 0.105. The molecule has 2 aromatic rings. The molecule has 0 heterocycles. The van der Waals surface area contributed by atoms with E-state index in [0.29, 0.717) is 8.45 Å². The van der Waals surface area contributed by atoms with Crippen LogP contribution in [0.25, 0.3) is 12.2 Å². The summed E-state index contributed by atoms with van der Waals surface area (Å²) in [6.07, 6.45) is 9.34. The van der Waals surface area contributed by atoms with Gasteiger partial charge in [-0.2, -0.15) is 0 Å². The second-order valence-electron chi connectivity index (χ2n) is 5.51. The Kier molecular flexibility index (Phi) is 5.63. The predicted octanol–water partition coefficient (Wildman–Crippen LogP) is 5.42. The topological polar surface area (TPSA) is 0 Å². The van der Waals surface area contributed by atoms with Gasteiger partial charge in [-0.1, -0.05) is 0 Å². The molecular weight excluding hydrogens is 347 g/mol. The molecule has 0 saturated heterocycles. The van der Waals surface area contributed by atoms with Gasteiger partial charge in [-0.15, -0.1) is 24.8 Å². The van der Waals surface area contributed by atoms with Crippen molar-refractivity contribution >= 4 is 41.8 Å². The van der Waals surface area contributed by atoms with Crippen molar-refractivity contribution in [3.05, 3.63) is 82.9 Å². The third-order valence-electron chi connectivity index (χ3n) is 4.40. The van der Waals surface area contributed by atoms with Crippen molar-refractivity contribution in [3.8, 4) is 0 Å². The predicted molar refractivity (Wildman–Crippen MR) is 98.1 cm³/mol. The van der Waals surface area contributed by atoms with Gasteiger partial charge in [0.15, 0.2) is 0 Å². The van der Waals surface area contributed by atoms with E-state index in [1.165, 1.54) is 22.3 Å². The van der Waals surface area contributed by atoms with Crippen molar-refractivity contribution < 1.29 is 17.4 Å². The maximum absolute atomic E-state index is 4.66. The summed E-state index contributed by atoms with van der Waals surface area (Å²) in [5.74, 6) is 0. The van der Waals surface area contributed by atoms with Crippen molar-refractivity contribution in [2.75, 3.05) is 0 Å². The molecule has 0 nitrogen and oxygen atoms in total. The van der Waals surface area contributed by atoms with Crippen LogP contribution in [0, 0.1) is 0 Å². The number of halogens is 2. The molecule has 2 unspecified atom stereocenters. The van der Waals surface area contributed by atoms with Gasteiger partial charge in [0.2, 0.25) is 0 Å². The Labute approximate surface area is 150 Å². The van der Waals surface area contributed by atoms with Crippen LogP contribution in [-0.2, 0) is 17.4 Å². The molecular formula is C19H18Cl2Ti. The third-order valence-corrected chi connectivity index (χ3v) is 8.47. The average Bonchev–Trinajstić information content (AvgIpc) is 3.11. The first kappa shape index (κ1) is 17.4. The van der Waals surface area contributed by atoms with Crippen LogP contribution in [0.2, 0.25) is 0 Å². The Morgan fingerprint density at radius 3 is 1.55 bits per heavy atom. The number of hydrogen-bond donors (Lipinski definition) is 0. The molecule has 2 aromatic carbocycles. The summed E-state index contributed by atoms with van der Waals surface area (Å²) in [4.78, 5) is 4.66. The van der Waals surface area contributed by atoms with Crippen molar-refractivity contribution in [1.82, 2.24) is 0 Å². The molecule has 0 saturated carbocycles. The van der Waals surface area contributed by atoms with E-state index >= 15 is 0 Å². The Morgan fingerprint density at radius 2 is 1.09 bits per heavy atom. The van der Waals surface area contributed by atoms with Crippen molar-refractivity contribution in [1.29, 1.82) is 0 Å². The average molecular weight is 365 g/mol. The number of allylic oxidation sites excluding steroid dienone is 2. The van der Waals surface area contributed by atoms with E-state index in [4.69, 9.17) is 0 Å². The van der Waals surface area contributed by atoms with Crippen LogP contribution in [0.15, 0.2) is 60.7 Å². The van der Waals surface area contributed by atoms with Gasteiger partial charge in [0.1, 0.15) is 0 Å². The molecule has 0 N–H and O–H groups in total. The first-order chi connectivity index (χ1) is 9.84. The van der Waals surface area contributed by atoms with E-state index in [9.17, 15) is 0 Å². The van der Waals surface area contributed by atoms with Gasteiger partial charge in [0.05, 0.1) is 0 Å². The summed E-state index contributed by atoms with van der Waals surface area (Å²) in [6, 6.07) is 17.6. The molecule has 3 heteroatoms. The summed E-state index contributed by atoms with van der Waals surface area (Å²) in [5, 5.41) is 0. The molecule has 22 heavy (non-hydrogen) atoms. The van der Waals surface area contributed by atoms with Crippen LogP contribution in [0.1, 0.15) is 30.7 Å². The zero-order valence-corrected chi connectivity index (χ0v) is 15.3. The van der Waals surface area contributed by atoms with Crippen LogP contribution in [0.5, 0.6) is 0 Å². The van der Waals surface area contributed by atoms with Crippen LogP contribution >= 0.6 is 24.8 Å². The Balaban J connectivity index is 0.000000882. The number of hydrogen-bond acceptors (Lipinski definition) is 0. The second kappa shape index (κ2) is 7.11. The summed E-state index contributed by atoms with van der Waals surface area (Å²) < 4.78 is 1.18. The third kappa shape index (κ3) is 2.82. The number of benzene rings is 2. The van der Waals surface area contributed by atoms with Crippen molar-refractivity contribution in [2.24, 2.45) is 0 Å². The summed E-state index contributed by atoms with van der Waals surface area (Å²) >= 11 is -1.51. The first-order valence-electron chi connectivity index (χ1n) is 7.07. The first-order valence-corrected chi connectivity index (χ1v) is 9.98. The van der Waals surface area contributed by atoms with Gasteiger partial charge in [-0.05, 0) is 0 Å². The minimum absolute atomic E-state index is 0. The van der Waals surface area contributed by atoms with E-state index in [2.05, 4.69) is 77.7 Å². The van der Waals surface area contributed by atoms with Gasteiger partial charge < -0.3 is 0 Å². The van der Waals surface area contributed by atoms with Crippen LogP contribution in [-0.4, -0.2) is 4.82 Å². The minimum atomic E-state index is -1.51. The second-order valence-corrected chi connectivity index (χ2v) is 9.24. The number of fused-ring (bicyclic) bond motifs is 2. The molecule has 4 rings (SSSR count). The van der Waals surface area contributed by atoms with Crippen LogP contribution in [0.4, 0.5) is 0 Å². The summed E-state index contributed by atoms with van der Waals surface area (Å²) in [5.41, 5.74) is 5.77. The molecule has 112 valence electrons. The molecule has 0 amide bonds. The Hall–Kier alpha value is -0.916. The summed E-state index contributed by atoms with van der Waals surface area (Å²) in [6.45, 7) is 0. The van der Waals surface area contributed by atoms with E-state index in [1.807, 2.05) is 0 Å². The molecule has 0 fully saturated rings. The van der Waals surface area contributed by atoms with Gasteiger partial charge in [-0.3, -0.25) is 0 Å². The van der Waals surface area contributed by atoms with Crippen molar-refractivity contribution in [3.63, 3.8) is 0 Å². The van der Waals surface area contributed by atoms with Crippen molar-refractivity contribution in [2.45, 2.75) is 8.45 Å². The van der Waals surface area contributed by atoms with E-state index in [1.54, 1.807) is 0 Å². The van der Waals surface area contributed by atoms with Gasteiger partial charge in [0, 0.05) is 0 Å². The maximum atomic E-state index is 4.66. The molecule has 0 aliphatic heterocycles. The Bertz CT molecular complexity index is 698. The fourth-order valence-corrected chi connectivity index (χ4v) is 7.08. The van der Waals surface area contributed by atoms with E-state index in [0.717, 1.165) is 0 Å². The number of rotatable bonds is 2. The van der Waals surface area contributed by atoms with Crippen LogP contribution in [0.3, 0.4) is 0 Å². The normalized spacial score (nSPS) is 19.8. The standard InChI is InChI=1S/2C9H7.CH2.2ClH.Ti/c2*1-2-5-9-7-3-6-8(9)4-1;;;;/h2*1-7H;1H2;2*1H;. The van der Waals surface area contributed by atoms with Gasteiger partial charge >= 0.3 is 126 Å². The van der Waals surface area contributed by atoms with E-state index in [-0.39, 0.29) is 24.8 Å². The zero-order valence-electron chi connectivity index (χ0n) is 12.1. The SMILES string of the molecule is Cl.Cl.[CH2]=[Ti]([CH]1C=Cc2ccccc21)[CH]1C=Cc2ccccc21. The summed E-state index contributed by atoms with van der Waals surface area (Å²) in [7, 11) is 0. The van der Waals surface area contributed by atoms with Crippen LogP contribution < -0.4 is 0 Å². The molecule has 0 bridgehead atoms. The molecule has 0 aromatic heterocycles. The fourth-order valence-electron chi connectivity index (χ4n) is 3.34. The molecule has 0 spiro atoms. The molecule has 2 aliphatic rings. The quantitative estimate of drug-likeness (QED) is 0.624. The molecule has 2 atom stereocenters. The van der Waals surface area contributed by atoms with Gasteiger partial charge in [0.25, 0.3) is 0 Å². The van der Waals surface area contributed by atoms with Gasteiger partial charge in [-0.25, -0.2) is 0 Å².